The molecule has 4 rings (SSSR count). The number of imidazole rings is 1. The molecule has 0 N–H and O–H groups in total. The Kier molecular flexibility index (Phi) is 4.69. The number of nitrogens with zero attached hydrogens (tertiary/aromatic N) is 5. The number of hydrogen-bond donors (Lipinski definition) is 0. The maximum atomic E-state index is 9.34. The molecule has 0 bridgehead atoms. The zero-order valence-electron chi connectivity index (χ0n) is 15.7. The molecule has 0 unspecified atom stereocenters. The Hall–Kier alpha value is -3.04. The van der Waals surface area contributed by atoms with Crippen LogP contribution >= 0.6 is 0 Å². The highest BCUT2D eigenvalue weighted by molar-refractivity contribution is 5.59. The number of ether oxygens (including phenoxy) is 1. The van der Waals surface area contributed by atoms with Crippen LogP contribution in [0.3, 0.4) is 0 Å². The van der Waals surface area contributed by atoms with Crippen molar-refractivity contribution in [2.75, 3.05) is 38.2 Å². The molecule has 1 aliphatic rings. The fourth-order valence-electron chi connectivity index (χ4n) is 3.72. The highest BCUT2D eigenvalue weighted by atomic mass is 16.5. The van der Waals surface area contributed by atoms with E-state index < -0.39 is 0 Å². The zero-order valence-corrected chi connectivity index (χ0v) is 15.7. The molecular weight excluding hydrogens is 338 g/mol. The third kappa shape index (κ3) is 3.46. The highest BCUT2D eigenvalue weighted by Crippen LogP contribution is 2.28. The second-order valence-electron chi connectivity index (χ2n) is 6.94. The molecular formula is C21H23N5O. The van der Waals surface area contributed by atoms with E-state index in [9.17, 15) is 5.26 Å². The van der Waals surface area contributed by atoms with E-state index in [2.05, 4.69) is 33.0 Å². The first-order valence-electron chi connectivity index (χ1n) is 9.16. The van der Waals surface area contributed by atoms with Crippen molar-refractivity contribution in [2.45, 2.75) is 13.5 Å². The average molecular weight is 361 g/mol. The molecule has 0 aliphatic carbocycles. The number of aromatic nitrogens is 2. The predicted octanol–water partition coefficient (Wildman–Crippen LogP) is 2.85. The highest BCUT2D eigenvalue weighted by Gasteiger charge is 2.20. The number of methoxy groups -OCH3 is 1. The van der Waals surface area contributed by atoms with Crippen LogP contribution in [0.2, 0.25) is 0 Å². The smallest absolute Gasteiger partial charge is 0.155 e. The Morgan fingerprint density at radius 3 is 2.67 bits per heavy atom. The molecule has 1 fully saturated rings. The minimum atomic E-state index is 0.627. The van der Waals surface area contributed by atoms with Gasteiger partial charge in [0.15, 0.2) is 5.65 Å². The maximum Gasteiger partial charge on any atom is 0.155 e. The van der Waals surface area contributed by atoms with E-state index in [1.807, 2.05) is 41.9 Å². The van der Waals surface area contributed by atoms with Crippen molar-refractivity contribution in [3.63, 3.8) is 0 Å². The van der Waals surface area contributed by atoms with Crippen molar-refractivity contribution in [1.29, 1.82) is 5.26 Å². The topological polar surface area (TPSA) is 56.8 Å². The van der Waals surface area contributed by atoms with Crippen molar-refractivity contribution in [3.8, 4) is 11.8 Å². The lowest BCUT2D eigenvalue weighted by Gasteiger charge is -2.36. The summed E-state index contributed by atoms with van der Waals surface area (Å²) in [6.07, 6.45) is 4.06. The lowest BCUT2D eigenvalue weighted by molar-refractivity contribution is 0.247. The van der Waals surface area contributed by atoms with Crippen molar-refractivity contribution < 1.29 is 4.74 Å². The van der Waals surface area contributed by atoms with Gasteiger partial charge in [0.1, 0.15) is 11.8 Å². The number of nitriles is 1. The van der Waals surface area contributed by atoms with Gasteiger partial charge in [-0.3, -0.25) is 4.90 Å². The summed E-state index contributed by atoms with van der Waals surface area (Å²) in [4.78, 5) is 9.47. The van der Waals surface area contributed by atoms with Crippen molar-refractivity contribution >= 4 is 11.3 Å². The largest absolute Gasteiger partial charge is 0.495 e. The number of piperazine rings is 1. The van der Waals surface area contributed by atoms with Gasteiger partial charge in [0.05, 0.1) is 24.1 Å². The summed E-state index contributed by atoms with van der Waals surface area (Å²) < 4.78 is 7.46. The van der Waals surface area contributed by atoms with E-state index >= 15 is 0 Å². The van der Waals surface area contributed by atoms with Crippen LogP contribution in [0.5, 0.6) is 5.75 Å². The third-order valence-electron chi connectivity index (χ3n) is 5.04. The summed E-state index contributed by atoms with van der Waals surface area (Å²) in [6.45, 7) is 6.64. The first-order valence-corrected chi connectivity index (χ1v) is 9.16. The Labute approximate surface area is 159 Å². The summed E-state index contributed by atoms with van der Waals surface area (Å²) in [5.41, 5.74) is 4.59. The van der Waals surface area contributed by atoms with Gasteiger partial charge in [-0.25, -0.2) is 4.98 Å². The summed E-state index contributed by atoms with van der Waals surface area (Å²) in [5, 5.41) is 9.34. The third-order valence-corrected chi connectivity index (χ3v) is 5.04. The van der Waals surface area contributed by atoms with Gasteiger partial charge in [-0.05, 0) is 30.7 Å². The van der Waals surface area contributed by atoms with E-state index in [1.54, 1.807) is 7.11 Å². The van der Waals surface area contributed by atoms with Crippen LogP contribution in [0, 0.1) is 18.3 Å². The molecule has 1 aromatic carbocycles. The molecule has 27 heavy (non-hydrogen) atoms. The Bertz CT molecular complexity index is 995. The predicted molar refractivity (Wildman–Crippen MR) is 105 cm³/mol. The summed E-state index contributed by atoms with van der Waals surface area (Å²) >= 11 is 0. The minimum Gasteiger partial charge on any atom is -0.495 e. The molecule has 0 spiro atoms. The molecule has 0 saturated carbocycles. The van der Waals surface area contributed by atoms with E-state index in [0.717, 1.165) is 61.1 Å². The van der Waals surface area contributed by atoms with Crippen LogP contribution in [0.4, 0.5) is 5.69 Å². The molecule has 3 heterocycles. The van der Waals surface area contributed by atoms with E-state index in [1.165, 1.54) is 0 Å². The van der Waals surface area contributed by atoms with Gasteiger partial charge in [-0.2, -0.15) is 5.26 Å². The monoisotopic (exact) mass is 361 g/mol. The summed E-state index contributed by atoms with van der Waals surface area (Å²) in [6, 6.07) is 12.3. The Morgan fingerprint density at radius 2 is 1.93 bits per heavy atom. The van der Waals surface area contributed by atoms with Gasteiger partial charge >= 0.3 is 0 Å². The lowest BCUT2D eigenvalue weighted by Crippen LogP contribution is -2.46. The average Bonchev–Trinajstić information content (AvgIpc) is 3.10. The number of rotatable bonds is 4. The van der Waals surface area contributed by atoms with E-state index in [0.29, 0.717) is 5.56 Å². The van der Waals surface area contributed by atoms with Gasteiger partial charge in [0, 0.05) is 45.1 Å². The maximum absolute atomic E-state index is 9.34. The molecule has 0 amide bonds. The molecule has 6 heteroatoms. The van der Waals surface area contributed by atoms with Gasteiger partial charge < -0.3 is 14.0 Å². The van der Waals surface area contributed by atoms with Gasteiger partial charge in [-0.1, -0.05) is 12.1 Å². The fourth-order valence-corrected chi connectivity index (χ4v) is 3.72. The lowest BCUT2D eigenvalue weighted by atomic mass is 10.2. The number of aryl methyl sites for hydroxylation is 1. The zero-order chi connectivity index (χ0) is 18.8. The van der Waals surface area contributed by atoms with Crippen molar-refractivity contribution in [1.82, 2.24) is 14.3 Å². The second-order valence-corrected chi connectivity index (χ2v) is 6.94. The van der Waals surface area contributed by atoms with Crippen LogP contribution in [0.15, 0.2) is 42.7 Å². The van der Waals surface area contributed by atoms with Crippen LogP contribution in [0.1, 0.15) is 16.8 Å². The van der Waals surface area contributed by atoms with Gasteiger partial charge in [-0.15, -0.1) is 0 Å². The quantitative estimate of drug-likeness (QED) is 0.715. The summed E-state index contributed by atoms with van der Waals surface area (Å²) in [7, 11) is 1.72. The van der Waals surface area contributed by atoms with E-state index in [-0.39, 0.29) is 0 Å². The van der Waals surface area contributed by atoms with Crippen LogP contribution in [0.25, 0.3) is 5.65 Å². The van der Waals surface area contributed by atoms with Crippen molar-refractivity contribution in [3.05, 3.63) is 59.5 Å². The van der Waals surface area contributed by atoms with Crippen LogP contribution < -0.4 is 9.64 Å². The molecule has 3 aromatic rings. The molecule has 138 valence electrons. The Morgan fingerprint density at radius 1 is 1.15 bits per heavy atom. The fraction of sp³-hybridized carbons (Fsp3) is 0.333. The van der Waals surface area contributed by atoms with Gasteiger partial charge in [0.2, 0.25) is 0 Å². The molecule has 0 radical (unpaired) electrons. The van der Waals surface area contributed by atoms with Crippen LogP contribution in [-0.4, -0.2) is 47.6 Å². The summed E-state index contributed by atoms with van der Waals surface area (Å²) in [5.74, 6) is 0.922. The molecule has 6 nitrogen and oxygen atoms in total. The first kappa shape index (κ1) is 17.4. The second kappa shape index (κ2) is 7.29. The van der Waals surface area contributed by atoms with E-state index in [4.69, 9.17) is 4.74 Å². The number of fused-ring (bicyclic) bond motifs is 1. The number of benzene rings is 1. The first-order chi connectivity index (χ1) is 13.2. The number of pyridine rings is 1. The molecule has 1 saturated heterocycles. The SMILES string of the molecule is COc1ccccc1N1CCN(Cc2cn3cc(C)cc(C#N)c3n2)CC1. The number of hydrogen-bond acceptors (Lipinski definition) is 5. The van der Waals surface area contributed by atoms with Crippen LogP contribution in [-0.2, 0) is 6.54 Å². The molecule has 0 atom stereocenters. The molecule has 2 aromatic heterocycles. The normalized spacial score (nSPS) is 15.1. The standard InChI is InChI=1S/C21H23N5O/c1-16-11-17(12-22)21-23-18(15-26(21)13-16)14-24-7-9-25(10-8-24)19-5-3-4-6-20(19)27-2/h3-6,11,13,15H,7-10,14H2,1-2H3. The number of para-hydroxylation sites is 2. The molecule has 1 aliphatic heterocycles. The Balaban J connectivity index is 1.45. The van der Waals surface area contributed by atoms with Crippen molar-refractivity contribution in [2.24, 2.45) is 0 Å². The van der Waals surface area contributed by atoms with Gasteiger partial charge in [0.25, 0.3) is 0 Å². The number of anilines is 1. The minimum absolute atomic E-state index is 0.627.